The molecule has 18 heavy (non-hydrogen) atoms. The predicted octanol–water partition coefficient (Wildman–Crippen LogP) is 5.67. The van der Waals surface area contributed by atoms with E-state index in [4.69, 9.17) is 0 Å². The molecule has 1 aromatic carbocycles. The summed E-state index contributed by atoms with van der Waals surface area (Å²) < 4.78 is 14.0. The average Bonchev–Trinajstić information content (AvgIpc) is 2.34. The molecular weight excluding hydrogens is 223 g/mol. The maximum absolute atomic E-state index is 14.0. The molecular formula is C17H23F. The highest BCUT2D eigenvalue weighted by molar-refractivity contribution is 5.70. The largest absolute Gasteiger partial charge is 0.206 e. The molecule has 0 N–H and O–H groups in total. The highest BCUT2D eigenvalue weighted by atomic mass is 19.1. The van der Waals surface area contributed by atoms with Gasteiger partial charge >= 0.3 is 0 Å². The Morgan fingerprint density at radius 1 is 1.22 bits per heavy atom. The Hall–Kier alpha value is -1.37. The zero-order valence-corrected chi connectivity index (χ0v) is 12.1. The standard InChI is InChI=1S/C17H23F/c1-6-8-15(7-2)13(4)14(5)16-10-9-12(3)11-17(16)18/h8-11H,6-7H2,1-5H3/b14-13+,15-8-. The van der Waals surface area contributed by atoms with E-state index < -0.39 is 0 Å². The second kappa shape index (κ2) is 6.53. The van der Waals surface area contributed by atoms with Crippen LogP contribution in [0.2, 0.25) is 0 Å². The summed E-state index contributed by atoms with van der Waals surface area (Å²) >= 11 is 0. The van der Waals surface area contributed by atoms with Gasteiger partial charge in [0.05, 0.1) is 0 Å². The molecule has 1 aromatic rings. The summed E-state index contributed by atoms with van der Waals surface area (Å²) in [5, 5.41) is 0. The van der Waals surface area contributed by atoms with E-state index in [1.54, 1.807) is 6.07 Å². The van der Waals surface area contributed by atoms with E-state index in [0.717, 1.165) is 24.0 Å². The van der Waals surface area contributed by atoms with Crippen LogP contribution in [0.15, 0.2) is 35.4 Å². The van der Waals surface area contributed by atoms with Gasteiger partial charge < -0.3 is 0 Å². The summed E-state index contributed by atoms with van der Waals surface area (Å²) in [4.78, 5) is 0. The number of hydrogen-bond donors (Lipinski definition) is 0. The zero-order valence-electron chi connectivity index (χ0n) is 12.1. The van der Waals surface area contributed by atoms with Crippen molar-refractivity contribution in [1.29, 1.82) is 0 Å². The van der Waals surface area contributed by atoms with Crippen molar-refractivity contribution in [3.63, 3.8) is 0 Å². The van der Waals surface area contributed by atoms with Gasteiger partial charge in [-0.05, 0) is 62.0 Å². The molecule has 1 rings (SSSR count). The maximum atomic E-state index is 14.0. The van der Waals surface area contributed by atoms with Crippen LogP contribution >= 0.6 is 0 Å². The van der Waals surface area contributed by atoms with E-state index in [9.17, 15) is 4.39 Å². The first-order valence-electron chi connectivity index (χ1n) is 6.64. The molecule has 0 amide bonds. The van der Waals surface area contributed by atoms with Crippen LogP contribution in [0, 0.1) is 12.7 Å². The summed E-state index contributed by atoms with van der Waals surface area (Å²) in [6.07, 6.45) is 4.24. The Morgan fingerprint density at radius 2 is 1.89 bits per heavy atom. The molecule has 0 aliphatic heterocycles. The fourth-order valence-electron chi connectivity index (χ4n) is 2.18. The van der Waals surface area contributed by atoms with E-state index in [1.165, 1.54) is 11.1 Å². The molecule has 98 valence electrons. The zero-order chi connectivity index (χ0) is 13.7. The summed E-state index contributed by atoms with van der Waals surface area (Å²) in [6, 6.07) is 5.44. The minimum Gasteiger partial charge on any atom is -0.206 e. The fraction of sp³-hybridized carbons (Fsp3) is 0.412. The lowest BCUT2D eigenvalue weighted by molar-refractivity contribution is 0.622. The van der Waals surface area contributed by atoms with Gasteiger partial charge in [0.15, 0.2) is 0 Å². The first-order chi connectivity index (χ1) is 8.51. The molecule has 0 radical (unpaired) electrons. The highest BCUT2D eigenvalue weighted by Gasteiger charge is 2.08. The summed E-state index contributed by atoms with van der Waals surface area (Å²) in [5.74, 6) is -0.126. The predicted molar refractivity (Wildman–Crippen MR) is 78.1 cm³/mol. The van der Waals surface area contributed by atoms with Crippen LogP contribution in [-0.4, -0.2) is 0 Å². The Balaban J connectivity index is 3.26. The van der Waals surface area contributed by atoms with Crippen molar-refractivity contribution in [1.82, 2.24) is 0 Å². The molecule has 0 saturated heterocycles. The van der Waals surface area contributed by atoms with Crippen molar-refractivity contribution in [2.45, 2.75) is 47.5 Å². The van der Waals surface area contributed by atoms with E-state index in [1.807, 2.05) is 26.0 Å². The van der Waals surface area contributed by atoms with Crippen molar-refractivity contribution in [3.05, 3.63) is 52.4 Å². The van der Waals surface area contributed by atoms with Crippen LogP contribution < -0.4 is 0 Å². The molecule has 0 nitrogen and oxygen atoms in total. The van der Waals surface area contributed by atoms with Gasteiger partial charge in [-0.2, -0.15) is 0 Å². The van der Waals surface area contributed by atoms with Gasteiger partial charge in [-0.15, -0.1) is 0 Å². The van der Waals surface area contributed by atoms with Crippen LogP contribution in [0.25, 0.3) is 5.57 Å². The van der Waals surface area contributed by atoms with E-state index >= 15 is 0 Å². The lowest BCUT2D eigenvalue weighted by Gasteiger charge is -2.12. The van der Waals surface area contributed by atoms with Crippen LogP contribution in [-0.2, 0) is 0 Å². The first kappa shape index (κ1) is 14.7. The van der Waals surface area contributed by atoms with E-state index in [2.05, 4.69) is 26.8 Å². The van der Waals surface area contributed by atoms with Crippen LogP contribution in [0.4, 0.5) is 4.39 Å². The van der Waals surface area contributed by atoms with Gasteiger partial charge in [-0.1, -0.05) is 32.1 Å². The third-order valence-corrected chi connectivity index (χ3v) is 3.40. The number of aryl methyl sites for hydroxylation is 1. The SMILES string of the molecule is CC/C=C(CC)\C(C)=C(/C)c1ccc(C)cc1F. The molecule has 1 heteroatoms. The van der Waals surface area contributed by atoms with Gasteiger partial charge in [-0.3, -0.25) is 0 Å². The molecule has 0 bridgehead atoms. The topological polar surface area (TPSA) is 0 Å². The molecule has 0 aliphatic rings. The lowest BCUT2D eigenvalue weighted by atomic mass is 9.94. The number of allylic oxidation sites excluding steroid dienone is 4. The summed E-state index contributed by atoms with van der Waals surface area (Å²) in [6.45, 7) is 10.3. The van der Waals surface area contributed by atoms with Crippen molar-refractivity contribution < 1.29 is 4.39 Å². The van der Waals surface area contributed by atoms with Crippen LogP contribution in [0.5, 0.6) is 0 Å². The normalized spacial score (nSPS) is 13.6. The van der Waals surface area contributed by atoms with Crippen LogP contribution in [0.3, 0.4) is 0 Å². The van der Waals surface area contributed by atoms with Crippen molar-refractivity contribution in [3.8, 4) is 0 Å². The average molecular weight is 246 g/mol. The Morgan fingerprint density at radius 3 is 2.39 bits per heavy atom. The third kappa shape index (κ3) is 3.32. The molecule has 0 aromatic heterocycles. The lowest BCUT2D eigenvalue weighted by Crippen LogP contribution is -1.94. The fourth-order valence-corrected chi connectivity index (χ4v) is 2.18. The molecule has 0 atom stereocenters. The van der Waals surface area contributed by atoms with Crippen molar-refractivity contribution in [2.75, 3.05) is 0 Å². The minimum absolute atomic E-state index is 0.126. The number of hydrogen-bond acceptors (Lipinski definition) is 0. The number of benzene rings is 1. The van der Waals surface area contributed by atoms with Gasteiger partial charge in [0.25, 0.3) is 0 Å². The second-order valence-corrected chi connectivity index (χ2v) is 4.72. The maximum Gasteiger partial charge on any atom is 0.130 e. The Bertz CT molecular complexity index is 478. The number of halogens is 1. The minimum atomic E-state index is -0.126. The first-order valence-corrected chi connectivity index (χ1v) is 6.64. The highest BCUT2D eigenvalue weighted by Crippen LogP contribution is 2.27. The van der Waals surface area contributed by atoms with E-state index in [0.29, 0.717) is 5.56 Å². The molecule has 0 heterocycles. The monoisotopic (exact) mass is 246 g/mol. The Labute approximate surface area is 110 Å². The van der Waals surface area contributed by atoms with Gasteiger partial charge in [0.1, 0.15) is 5.82 Å². The smallest absolute Gasteiger partial charge is 0.130 e. The molecule has 0 unspecified atom stereocenters. The molecule has 0 saturated carbocycles. The molecule has 0 spiro atoms. The van der Waals surface area contributed by atoms with Gasteiger partial charge in [-0.25, -0.2) is 4.39 Å². The van der Waals surface area contributed by atoms with Gasteiger partial charge in [0.2, 0.25) is 0 Å². The Kier molecular flexibility index (Phi) is 5.33. The molecule has 0 fully saturated rings. The van der Waals surface area contributed by atoms with Crippen molar-refractivity contribution >= 4 is 5.57 Å². The van der Waals surface area contributed by atoms with Gasteiger partial charge in [0, 0.05) is 5.56 Å². The van der Waals surface area contributed by atoms with Crippen molar-refractivity contribution in [2.24, 2.45) is 0 Å². The quantitative estimate of drug-likeness (QED) is 0.600. The summed E-state index contributed by atoms with van der Waals surface area (Å²) in [5.41, 5.74) is 5.22. The molecule has 0 aliphatic carbocycles. The second-order valence-electron chi connectivity index (χ2n) is 4.72. The van der Waals surface area contributed by atoms with E-state index in [-0.39, 0.29) is 5.82 Å². The number of rotatable bonds is 4. The van der Waals surface area contributed by atoms with Crippen LogP contribution in [0.1, 0.15) is 51.7 Å². The third-order valence-electron chi connectivity index (χ3n) is 3.40. The summed E-state index contributed by atoms with van der Waals surface area (Å²) in [7, 11) is 0.